The number of aliphatic carboxylic acids is 1. The highest BCUT2D eigenvalue weighted by atomic mass is 16.5. The average Bonchev–Trinajstić information content (AvgIpc) is 2.46. The number of primary amides is 1. The molecule has 2 saturated heterocycles. The molecule has 0 spiro atoms. The fraction of sp³-hybridized carbons (Fsp3) is 0.769. The van der Waals surface area contributed by atoms with Crippen LogP contribution in [0.3, 0.4) is 0 Å². The Bertz CT molecular complexity index is 428. The maximum absolute atomic E-state index is 12.5. The van der Waals surface area contributed by atoms with Crippen LogP contribution in [0.15, 0.2) is 0 Å². The molecule has 0 bridgehead atoms. The summed E-state index contributed by atoms with van der Waals surface area (Å²) in [7, 11) is 0. The lowest BCUT2D eigenvalue weighted by Crippen LogP contribution is -2.59. The maximum Gasteiger partial charge on any atom is 0.320 e. The van der Waals surface area contributed by atoms with Crippen molar-refractivity contribution >= 4 is 17.9 Å². The Morgan fingerprint density at radius 2 is 2.05 bits per heavy atom. The van der Waals surface area contributed by atoms with Crippen LogP contribution in [0.5, 0.6) is 0 Å². The molecule has 2 atom stereocenters. The minimum atomic E-state index is -0.851. The molecule has 2 heterocycles. The molecule has 21 heavy (non-hydrogen) atoms. The summed E-state index contributed by atoms with van der Waals surface area (Å²) in [6.07, 6.45) is 1.64. The van der Waals surface area contributed by atoms with Crippen LogP contribution in [0.2, 0.25) is 0 Å². The number of ether oxygens (including phenoxy) is 1. The lowest BCUT2D eigenvalue weighted by atomic mass is 9.95. The number of piperidine rings is 1. The molecule has 3 N–H and O–H groups in total. The van der Waals surface area contributed by atoms with Crippen LogP contribution in [0.25, 0.3) is 0 Å². The summed E-state index contributed by atoms with van der Waals surface area (Å²) >= 11 is 0. The quantitative estimate of drug-likeness (QED) is 0.728. The van der Waals surface area contributed by atoms with Crippen molar-refractivity contribution in [1.29, 1.82) is 0 Å². The number of amides is 3. The maximum atomic E-state index is 12.5. The highest BCUT2D eigenvalue weighted by Gasteiger charge is 2.35. The van der Waals surface area contributed by atoms with Crippen molar-refractivity contribution in [3.63, 3.8) is 0 Å². The van der Waals surface area contributed by atoms with Gasteiger partial charge in [-0.15, -0.1) is 0 Å². The van der Waals surface area contributed by atoms with E-state index in [-0.39, 0.29) is 25.0 Å². The van der Waals surface area contributed by atoms with Gasteiger partial charge in [-0.25, -0.2) is 4.79 Å². The Labute approximate surface area is 122 Å². The molecule has 8 nitrogen and oxygen atoms in total. The van der Waals surface area contributed by atoms with E-state index < -0.39 is 17.9 Å². The molecule has 0 saturated carbocycles. The first-order valence-electron chi connectivity index (χ1n) is 7.13. The Morgan fingerprint density at radius 1 is 1.29 bits per heavy atom. The van der Waals surface area contributed by atoms with Crippen molar-refractivity contribution in [3.8, 4) is 0 Å². The van der Waals surface area contributed by atoms with Gasteiger partial charge in [-0.2, -0.15) is 0 Å². The van der Waals surface area contributed by atoms with Crippen molar-refractivity contribution in [1.82, 2.24) is 9.80 Å². The molecule has 2 aliphatic rings. The fourth-order valence-corrected chi connectivity index (χ4v) is 2.90. The first-order chi connectivity index (χ1) is 9.99. The van der Waals surface area contributed by atoms with E-state index in [1.807, 2.05) is 0 Å². The van der Waals surface area contributed by atoms with Crippen LogP contribution in [-0.2, 0) is 14.3 Å². The molecule has 0 aromatic rings. The summed E-state index contributed by atoms with van der Waals surface area (Å²) in [6.45, 7) is 1.81. The standard InChI is InChI=1S/C13H21N3O5/c14-12(19)10-8-21-5-4-16(10)13(20)15-3-1-2-9(7-15)6-11(17)18/h9-10H,1-8H2,(H2,14,19)(H,17,18). The molecule has 3 amide bonds. The summed E-state index contributed by atoms with van der Waals surface area (Å²) in [5.74, 6) is -1.47. The van der Waals surface area contributed by atoms with E-state index in [9.17, 15) is 14.4 Å². The number of carboxylic acid groups (broad SMARTS) is 1. The molecule has 118 valence electrons. The Morgan fingerprint density at radius 3 is 2.71 bits per heavy atom. The third-order valence-electron chi connectivity index (χ3n) is 3.96. The van der Waals surface area contributed by atoms with Crippen molar-refractivity contribution in [3.05, 3.63) is 0 Å². The number of nitrogens with two attached hydrogens (primary N) is 1. The second-order valence-corrected chi connectivity index (χ2v) is 5.52. The lowest BCUT2D eigenvalue weighted by Gasteiger charge is -2.40. The van der Waals surface area contributed by atoms with E-state index in [0.717, 1.165) is 12.8 Å². The molecular formula is C13H21N3O5. The topological polar surface area (TPSA) is 113 Å². The van der Waals surface area contributed by atoms with Gasteiger partial charge in [-0.1, -0.05) is 0 Å². The van der Waals surface area contributed by atoms with Crippen molar-refractivity contribution in [2.75, 3.05) is 32.8 Å². The van der Waals surface area contributed by atoms with Crippen LogP contribution in [0, 0.1) is 5.92 Å². The van der Waals surface area contributed by atoms with Gasteiger partial charge in [0.1, 0.15) is 6.04 Å². The zero-order valence-corrected chi connectivity index (χ0v) is 11.9. The average molecular weight is 299 g/mol. The van der Waals surface area contributed by atoms with Gasteiger partial charge in [0.05, 0.1) is 13.2 Å². The minimum Gasteiger partial charge on any atom is -0.481 e. The fourth-order valence-electron chi connectivity index (χ4n) is 2.90. The number of rotatable bonds is 3. The number of carboxylic acids is 1. The number of likely N-dealkylation sites (tertiary alicyclic amines) is 1. The second-order valence-electron chi connectivity index (χ2n) is 5.52. The summed E-state index contributed by atoms with van der Waals surface area (Å²) < 4.78 is 5.19. The zero-order valence-electron chi connectivity index (χ0n) is 11.9. The number of carbonyl (C=O) groups is 3. The number of hydrogen-bond acceptors (Lipinski definition) is 4. The van der Waals surface area contributed by atoms with Gasteiger partial charge >= 0.3 is 12.0 Å². The molecule has 2 fully saturated rings. The number of morpholine rings is 1. The van der Waals surface area contributed by atoms with Gasteiger partial charge in [0.25, 0.3) is 0 Å². The van der Waals surface area contributed by atoms with Crippen molar-refractivity contribution in [2.24, 2.45) is 11.7 Å². The summed E-state index contributed by atoms with van der Waals surface area (Å²) in [6, 6.07) is -0.997. The summed E-state index contributed by atoms with van der Waals surface area (Å²) in [4.78, 5) is 37.8. The Balaban J connectivity index is 2.00. The molecular weight excluding hydrogens is 278 g/mol. The molecule has 0 aromatic heterocycles. The minimum absolute atomic E-state index is 0.0340. The van der Waals surface area contributed by atoms with E-state index in [1.54, 1.807) is 4.90 Å². The largest absolute Gasteiger partial charge is 0.481 e. The van der Waals surface area contributed by atoms with Crippen molar-refractivity contribution in [2.45, 2.75) is 25.3 Å². The van der Waals surface area contributed by atoms with Crippen LogP contribution < -0.4 is 5.73 Å². The molecule has 2 aliphatic heterocycles. The highest BCUT2D eigenvalue weighted by Crippen LogP contribution is 2.21. The van der Waals surface area contributed by atoms with Crippen molar-refractivity contribution < 1.29 is 24.2 Å². The second kappa shape index (κ2) is 6.75. The normalized spacial score (nSPS) is 26.5. The SMILES string of the molecule is NC(=O)C1COCCN1C(=O)N1CCCC(CC(=O)O)C1. The van der Waals surface area contributed by atoms with E-state index in [0.29, 0.717) is 26.2 Å². The number of urea groups is 1. The van der Waals surface area contributed by atoms with Gasteiger partial charge in [0.2, 0.25) is 5.91 Å². The van der Waals surface area contributed by atoms with Gasteiger partial charge in [-0.05, 0) is 18.8 Å². The summed E-state index contributed by atoms with van der Waals surface area (Å²) in [5, 5.41) is 8.86. The molecule has 8 heteroatoms. The monoisotopic (exact) mass is 299 g/mol. The van der Waals surface area contributed by atoms with Crippen LogP contribution in [0.1, 0.15) is 19.3 Å². The molecule has 0 radical (unpaired) electrons. The lowest BCUT2D eigenvalue weighted by molar-refractivity contribution is -0.138. The molecule has 2 unspecified atom stereocenters. The van der Waals surface area contributed by atoms with Crippen LogP contribution in [-0.4, -0.2) is 71.7 Å². The first-order valence-corrected chi connectivity index (χ1v) is 7.13. The zero-order chi connectivity index (χ0) is 15.4. The number of hydrogen-bond donors (Lipinski definition) is 2. The summed E-state index contributed by atoms with van der Waals surface area (Å²) in [5.41, 5.74) is 5.31. The number of nitrogens with zero attached hydrogens (tertiary/aromatic N) is 2. The molecule has 0 aromatic carbocycles. The third kappa shape index (κ3) is 3.84. The van der Waals surface area contributed by atoms with Crippen LogP contribution in [0.4, 0.5) is 4.79 Å². The van der Waals surface area contributed by atoms with E-state index in [1.165, 1.54) is 4.90 Å². The molecule has 2 rings (SSSR count). The van der Waals surface area contributed by atoms with E-state index in [2.05, 4.69) is 0 Å². The van der Waals surface area contributed by atoms with E-state index in [4.69, 9.17) is 15.6 Å². The Hall–Kier alpha value is -1.83. The first kappa shape index (κ1) is 15.6. The Kier molecular flexibility index (Phi) is 5.00. The van der Waals surface area contributed by atoms with Gasteiger partial charge in [0.15, 0.2) is 0 Å². The van der Waals surface area contributed by atoms with Gasteiger partial charge < -0.3 is 25.4 Å². The van der Waals surface area contributed by atoms with Gasteiger partial charge in [-0.3, -0.25) is 9.59 Å². The predicted molar refractivity (Wildman–Crippen MR) is 72.5 cm³/mol. The van der Waals surface area contributed by atoms with Crippen LogP contribution >= 0.6 is 0 Å². The third-order valence-corrected chi connectivity index (χ3v) is 3.96. The molecule has 0 aliphatic carbocycles. The smallest absolute Gasteiger partial charge is 0.320 e. The number of carbonyl (C=O) groups excluding carboxylic acids is 2. The highest BCUT2D eigenvalue weighted by molar-refractivity contribution is 5.86. The van der Waals surface area contributed by atoms with E-state index >= 15 is 0 Å². The van der Waals surface area contributed by atoms with Gasteiger partial charge in [0, 0.05) is 26.1 Å². The predicted octanol–water partition coefficient (Wildman–Crippen LogP) is -0.521.